The lowest BCUT2D eigenvalue weighted by Gasteiger charge is -2.35. The van der Waals surface area contributed by atoms with E-state index >= 15 is 0 Å². The monoisotopic (exact) mass is 380 g/mol. The van der Waals surface area contributed by atoms with Gasteiger partial charge in [0.15, 0.2) is 0 Å². The van der Waals surface area contributed by atoms with Crippen LogP contribution in [0.5, 0.6) is 5.75 Å². The van der Waals surface area contributed by atoms with Crippen molar-refractivity contribution in [1.82, 2.24) is 15.5 Å². The van der Waals surface area contributed by atoms with Gasteiger partial charge in [-0.2, -0.15) is 0 Å². The predicted octanol–water partition coefficient (Wildman–Crippen LogP) is 2.97. The van der Waals surface area contributed by atoms with Gasteiger partial charge in [0.1, 0.15) is 11.6 Å². The minimum Gasteiger partial charge on any atom is -0.497 e. The van der Waals surface area contributed by atoms with Crippen LogP contribution in [0.4, 0.5) is 5.69 Å². The molecular formula is C23H32N4O. The normalized spacial score (nSPS) is 20.6. The number of benzene rings is 1. The lowest BCUT2D eigenvalue weighted by atomic mass is 9.79. The van der Waals surface area contributed by atoms with Crippen LogP contribution < -0.4 is 20.3 Å². The summed E-state index contributed by atoms with van der Waals surface area (Å²) in [6.07, 6.45) is 4.55. The van der Waals surface area contributed by atoms with Crippen molar-refractivity contribution < 1.29 is 4.74 Å². The summed E-state index contributed by atoms with van der Waals surface area (Å²) in [5, 5.41) is 7.25. The fourth-order valence-corrected chi connectivity index (χ4v) is 4.74. The topological polar surface area (TPSA) is 39.8 Å². The maximum absolute atomic E-state index is 5.51. The number of nitrogens with one attached hydrogen (secondary N) is 2. The summed E-state index contributed by atoms with van der Waals surface area (Å²) in [4.78, 5) is 4.66. The Morgan fingerprint density at radius 2 is 2.14 bits per heavy atom. The van der Waals surface area contributed by atoms with Gasteiger partial charge in [-0.3, -0.25) is 0 Å². The lowest BCUT2D eigenvalue weighted by Crippen LogP contribution is -2.37. The molecule has 0 bridgehead atoms. The molecule has 0 amide bonds. The first-order valence-corrected chi connectivity index (χ1v) is 10.2. The molecular weight excluding hydrogens is 348 g/mol. The smallest absolute Gasteiger partial charge is 0.119 e. The molecule has 2 aliphatic heterocycles. The van der Waals surface area contributed by atoms with Crippen LogP contribution >= 0.6 is 0 Å². The van der Waals surface area contributed by atoms with Gasteiger partial charge >= 0.3 is 0 Å². The number of nitrogens with zero attached hydrogens (tertiary/aromatic N) is 2. The number of ether oxygens (including phenoxy) is 1. The van der Waals surface area contributed by atoms with Crippen molar-refractivity contribution in [3.8, 4) is 5.75 Å². The van der Waals surface area contributed by atoms with Crippen molar-refractivity contribution in [2.75, 3.05) is 52.8 Å². The third-order valence-electron chi connectivity index (χ3n) is 6.15. The van der Waals surface area contributed by atoms with Crippen molar-refractivity contribution in [2.24, 2.45) is 0 Å². The van der Waals surface area contributed by atoms with Gasteiger partial charge in [0.2, 0.25) is 0 Å². The average molecular weight is 381 g/mol. The Morgan fingerprint density at radius 3 is 2.89 bits per heavy atom. The molecule has 0 saturated carbocycles. The summed E-state index contributed by atoms with van der Waals surface area (Å²) >= 11 is 0. The van der Waals surface area contributed by atoms with Crippen LogP contribution in [0, 0.1) is 0 Å². The molecule has 1 aliphatic carbocycles. The molecule has 1 aromatic carbocycles. The van der Waals surface area contributed by atoms with Crippen LogP contribution in [0.25, 0.3) is 5.57 Å². The Bertz CT molecular complexity index is 865. The first-order chi connectivity index (χ1) is 13.5. The highest BCUT2D eigenvalue weighted by atomic mass is 16.5. The predicted molar refractivity (Wildman–Crippen MR) is 117 cm³/mol. The average Bonchev–Trinajstić information content (AvgIpc) is 2.97. The van der Waals surface area contributed by atoms with E-state index in [0.29, 0.717) is 6.04 Å². The van der Waals surface area contributed by atoms with Gasteiger partial charge in [-0.25, -0.2) is 0 Å². The molecule has 1 unspecified atom stereocenters. The number of hydrogen-bond donors (Lipinski definition) is 2. The summed E-state index contributed by atoms with van der Waals surface area (Å²) in [7, 11) is 8.21. The fourth-order valence-electron chi connectivity index (χ4n) is 4.74. The van der Waals surface area contributed by atoms with Crippen LogP contribution in [-0.4, -0.2) is 58.8 Å². The molecule has 2 heterocycles. The second kappa shape index (κ2) is 7.55. The minimum atomic E-state index is 0.408. The Balaban J connectivity index is 1.72. The number of likely N-dealkylation sites (N-methyl/N-ethyl adjacent to an activating group) is 1. The first kappa shape index (κ1) is 18.9. The molecule has 3 aliphatic rings. The van der Waals surface area contributed by atoms with Crippen LogP contribution in [0.1, 0.15) is 25.3 Å². The molecule has 0 spiro atoms. The van der Waals surface area contributed by atoms with E-state index < -0.39 is 0 Å². The standard InChI is InChI=1S/C23H32N4O/c1-15-21-16(9-11-25-23(21)24-10-6-12-26(2)3)13-20-22(15)18-14-17(28-5)7-8-19(18)27(20)4/h7-9,14,20,24-25H,6,10-13H2,1-5H3. The summed E-state index contributed by atoms with van der Waals surface area (Å²) in [6, 6.07) is 6.86. The van der Waals surface area contributed by atoms with Gasteiger partial charge in [0.05, 0.1) is 13.2 Å². The van der Waals surface area contributed by atoms with Crippen molar-refractivity contribution in [2.45, 2.75) is 25.8 Å². The van der Waals surface area contributed by atoms with Gasteiger partial charge in [-0.15, -0.1) is 0 Å². The van der Waals surface area contributed by atoms with Gasteiger partial charge in [0.25, 0.3) is 0 Å². The van der Waals surface area contributed by atoms with Gasteiger partial charge in [0, 0.05) is 37.0 Å². The Hall–Kier alpha value is -2.40. The van der Waals surface area contributed by atoms with Crippen LogP contribution in [0.15, 0.2) is 46.8 Å². The van der Waals surface area contributed by atoms with E-state index in [1.165, 1.54) is 39.4 Å². The molecule has 28 heavy (non-hydrogen) atoms. The largest absolute Gasteiger partial charge is 0.497 e. The maximum Gasteiger partial charge on any atom is 0.119 e. The number of hydrogen-bond acceptors (Lipinski definition) is 5. The number of rotatable bonds is 6. The van der Waals surface area contributed by atoms with Crippen molar-refractivity contribution >= 4 is 11.3 Å². The second-order valence-corrected chi connectivity index (χ2v) is 8.20. The summed E-state index contributed by atoms with van der Waals surface area (Å²) in [6.45, 7) is 5.25. The zero-order chi connectivity index (χ0) is 19.8. The van der Waals surface area contributed by atoms with Gasteiger partial charge in [-0.1, -0.05) is 6.08 Å². The highest BCUT2D eigenvalue weighted by Crippen LogP contribution is 2.50. The van der Waals surface area contributed by atoms with E-state index in [1.807, 2.05) is 0 Å². The maximum atomic E-state index is 5.51. The van der Waals surface area contributed by atoms with Gasteiger partial charge in [-0.05, 0) is 75.3 Å². The van der Waals surface area contributed by atoms with E-state index in [1.54, 1.807) is 7.11 Å². The Labute approximate surface area is 168 Å². The highest BCUT2D eigenvalue weighted by molar-refractivity contribution is 5.93. The number of dihydropyridines is 1. The van der Waals surface area contributed by atoms with Crippen molar-refractivity contribution in [3.05, 3.63) is 52.4 Å². The van der Waals surface area contributed by atoms with E-state index in [9.17, 15) is 0 Å². The molecule has 0 aromatic heterocycles. The van der Waals surface area contributed by atoms with E-state index in [4.69, 9.17) is 4.74 Å². The summed E-state index contributed by atoms with van der Waals surface area (Å²) in [5.41, 5.74) is 8.27. The molecule has 2 N–H and O–H groups in total. The molecule has 5 nitrogen and oxygen atoms in total. The molecule has 1 aromatic rings. The zero-order valence-electron chi connectivity index (χ0n) is 17.7. The summed E-state index contributed by atoms with van der Waals surface area (Å²) < 4.78 is 5.51. The lowest BCUT2D eigenvalue weighted by molar-refractivity contribution is 0.396. The van der Waals surface area contributed by atoms with E-state index in [2.05, 4.69) is 72.8 Å². The minimum absolute atomic E-state index is 0.408. The van der Waals surface area contributed by atoms with Crippen LogP contribution in [0.3, 0.4) is 0 Å². The van der Waals surface area contributed by atoms with Crippen molar-refractivity contribution in [1.29, 1.82) is 0 Å². The number of fused-ring (bicyclic) bond motifs is 4. The zero-order valence-corrected chi connectivity index (χ0v) is 17.7. The van der Waals surface area contributed by atoms with Crippen LogP contribution in [-0.2, 0) is 0 Å². The SMILES string of the molecule is COc1ccc2c(c1)C1=C(C)C3=C(NCCCN(C)C)NCC=C3CC1N2C. The number of methoxy groups -OCH3 is 1. The van der Waals surface area contributed by atoms with Gasteiger partial charge < -0.3 is 25.2 Å². The third kappa shape index (κ3) is 3.18. The molecule has 150 valence electrons. The first-order valence-electron chi connectivity index (χ1n) is 10.2. The van der Waals surface area contributed by atoms with E-state index in [-0.39, 0.29) is 0 Å². The fraction of sp³-hybridized carbons (Fsp3) is 0.478. The third-order valence-corrected chi connectivity index (χ3v) is 6.15. The molecule has 0 fully saturated rings. The molecule has 5 heteroatoms. The number of allylic oxidation sites excluding steroid dienone is 2. The van der Waals surface area contributed by atoms with E-state index in [0.717, 1.165) is 38.2 Å². The molecule has 1 atom stereocenters. The molecule has 0 saturated heterocycles. The van der Waals surface area contributed by atoms with Crippen LogP contribution in [0.2, 0.25) is 0 Å². The Kier molecular flexibility index (Phi) is 5.11. The molecule has 4 rings (SSSR count). The molecule has 0 radical (unpaired) electrons. The number of anilines is 1. The Morgan fingerprint density at radius 1 is 1.32 bits per heavy atom. The second-order valence-electron chi connectivity index (χ2n) is 8.20. The summed E-state index contributed by atoms with van der Waals surface area (Å²) in [5.74, 6) is 2.12. The quantitative estimate of drug-likeness (QED) is 0.743. The highest BCUT2D eigenvalue weighted by Gasteiger charge is 2.39. The van der Waals surface area contributed by atoms with Crippen molar-refractivity contribution in [3.63, 3.8) is 0 Å².